The Morgan fingerprint density at radius 1 is 0.947 bits per heavy atom. The molecule has 38 heavy (non-hydrogen) atoms. The number of nitrogens with zero attached hydrogens (tertiary/aromatic N) is 1. The number of rotatable bonds is 9. The van der Waals surface area contributed by atoms with E-state index in [1.165, 1.54) is 0 Å². The average Bonchev–Trinajstić information content (AvgIpc) is 2.94. The number of amides is 1. The van der Waals surface area contributed by atoms with Gasteiger partial charge in [0.15, 0.2) is 12.1 Å². The second-order valence-electron chi connectivity index (χ2n) is 10.4. The molecule has 1 amide bonds. The Morgan fingerprint density at radius 2 is 1.61 bits per heavy atom. The lowest BCUT2D eigenvalue weighted by atomic mass is 9.93. The average molecular weight is 515 g/mol. The van der Waals surface area contributed by atoms with Gasteiger partial charge in [0.25, 0.3) is 5.91 Å². The van der Waals surface area contributed by atoms with Gasteiger partial charge in [-0.05, 0) is 23.8 Å². The quantitative estimate of drug-likeness (QED) is 0.250. The van der Waals surface area contributed by atoms with E-state index in [1.54, 1.807) is 25.2 Å². The minimum absolute atomic E-state index is 0.0903. The summed E-state index contributed by atoms with van der Waals surface area (Å²) < 4.78 is 6.69. The summed E-state index contributed by atoms with van der Waals surface area (Å²) in [5.41, 5.74) is 2.60. The monoisotopic (exact) mass is 514 g/mol. The van der Waals surface area contributed by atoms with Crippen molar-refractivity contribution in [3.63, 3.8) is 0 Å². The molecule has 7 heteroatoms. The van der Waals surface area contributed by atoms with Crippen LogP contribution in [0.4, 0.5) is 5.69 Å². The number of nitrogens with one attached hydrogen (secondary N) is 2. The summed E-state index contributed by atoms with van der Waals surface area (Å²) in [4.78, 5) is 38.7. The van der Waals surface area contributed by atoms with Gasteiger partial charge in [0, 0.05) is 36.2 Å². The molecule has 3 unspecified atom stereocenters. The lowest BCUT2D eigenvalue weighted by molar-refractivity contribution is -0.910. The molecular weight excluding hydrogens is 478 g/mol. The van der Waals surface area contributed by atoms with Gasteiger partial charge in [0.2, 0.25) is 5.78 Å². The van der Waals surface area contributed by atoms with Crippen molar-refractivity contribution < 1.29 is 23.6 Å². The highest BCUT2D eigenvalue weighted by Gasteiger charge is 2.40. The molecule has 4 atom stereocenters. The fourth-order valence-corrected chi connectivity index (χ4v) is 4.97. The summed E-state index contributed by atoms with van der Waals surface area (Å²) in [5, 5.41) is 5.90. The van der Waals surface area contributed by atoms with E-state index in [0.29, 0.717) is 34.4 Å². The molecule has 3 aromatic rings. The Labute approximate surface area is 224 Å². The smallest absolute Gasteiger partial charge is 0.333 e. The number of likely N-dealkylation sites (tertiary alicyclic amines) is 1. The van der Waals surface area contributed by atoms with Crippen molar-refractivity contribution >= 4 is 23.3 Å². The van der Waals surface area contributed by atoms with Crippen LogP contribution in [-0.2, 0) is 9.53 Å². The number of Topliss-reactive ketones (excluding diaryl/α,β-unsaturated/α-hetero) is 1. The zero-order valence-corrected chi connectivity index (χ0v) is 22.2. The molecule has 0 spiro atoms. The highest BCUT2D eigenvalue weighted by atomic mass is 16.5. The number of piperidine rings is 1. The summed E-state index contributed by atoms with van der Waals surface area (Å²) in [5.74, 6) is -0.329. The Kier molecular flexibility index (Phi) is 8.59. The molecule has 0 aromatic heterocycles. The largest absolute Gasteiger partial charge is 0.454 e. The Hall–Kier alpha value is -3.97. The van der Waals surface area contributed by atoms with Gasteiger partial charge in [-0.1, -0.05) is 73.7 Å². The fraction of sp³-hybridized carbons (Fsp3) is 0.323. The molecule has 3 aromatic carbocycles. The second-order valence-corrected chi connectivity index (χ2v) is 10.4. The molecule has 198 valence electrons. The SMILES string of the molecule is CNC(=O)c1cccc(NC(C(=O)O[C@H]2C[N+](C)(CC(=O)c3ccccc3)CCC2C)c2ccccc2)c1. The minimum atomic E-state index is -0.755. The first kappa shape index (κ1) is 27.1. The van der Waals surface area contributed by atoms with Crippen LogP contribution in [0.3, 0.4) is 0 Å². The first-order chi connectivity index (χ1) is 18.3. The van der Waals surface area contributed by atoms with E-state index in [9.17, 15) is 14.4 Å². The van der Waals surface area contributed by atoms with Crippen molar-refractivity contribution in [1.82, 2.24) is 5.32 Å². The number of ether oxygens (including phenoxy) is 1. The lowest BCUT2D eigenvalue weighted by Gasteiger charge is -2.43. The van der Waals surface area contributed by atoms with Gasteiger partial charge in [-0.15, -0.1) is 0 Å². The third-order valence-corrected chi connectivity index (χ3v) is 7.30. The molecular formula is C31H36N3O4+. The van der Waals surface area contributed by atoms with Crippen LogP contribution in [-0.4, -0.2) is 62.0 Å². The van der Waals surface area contributed by atoms with E-state index in [4.69, 9.17) is 4.74 Å². The number of carbonyl (C=O) groups is 3. The normalized spacial score (nSPS) is 21.7. The predicted octanol–water partition coefficient (Wildman–Crippen LogP) is 4.48. The van der Waals surface area contributed by atoms with Crippen molar-refractivity contribution in [2.45, 2.75) is 25.5 Å². The van der Waals surface area contributed by atoms with Gasteiger partial charge in [-0.3, -0.25) is 9.59 Å². The Balaban J connectivity index is 1.51. The summed E-state index contributed by atoms with van der Waals surface area (Å²) in [7, 11) is 3.64. The second kappa shape index (κ2) is 12.0. The molecule has 7 nitrogen and oxygen atoms in total. The summed E-state index contributed by atoms with van der Waals surface area (Å²) >= 11 is 0. The van der Waals surface area contributed by atoms with Crippen molar-refractivity contribution in [2.75, 3.05) is 39.0 Å². The van der Waals surface area contributed by atoms with E-state index in [1.807, 2.05) is 66.7 Å². The van der Waals surface area contributed by atoms with E-state index in [2.05, 4.69) is 24.6 Å². The summed E-state index contributed by atoms with van der Waals surface area (Å²) in [6.07, 6.45) is 0.531. The molecule has 1 aliphatic heterocycles. The first-order valence-corrected chi connectivity index (χ1v) is 13.0. The molecule has 1 fully saturated rings. The lowest BCUT2D eigenvalue weighted by Crippen LogP contribution is -2.58. The van der Waals surface area contributed by atoms with Gasteiger partial charge >= 0.3 is 5.97 Å². The van der Waals surface area contributed by atoms with Crippen LogP contribution in [0.25, 0.3) is 0 Å². The minimum Gasteiger partial charge on any atom is -0.454 e. The number of anilines is 1. The fourth-order valence-electron chi connectivity index (χ4n) is 4.97. The van der Waals surface area contributed by atoms with Crippen LogP contribution < -0.4 is 10.6 Å². The third kappa shape index (κ3) is 6.66. The van der Waals surface area contributed by atoms with Crippen molar-refractivity contribution in [2.24, 2.45) is 5.92 Å². The molecule has 1 heterocycles. The number of likely N-dealkylation sites (N-methyl/N-ethyl adjacent to an activating group) is 1. The predicted molar refractivity (Wildman–Crippen MR) is 148 cm³/mol. The number of benzene rings is 3. The highest BCUT2D eigenvalue weighted by molar-refractivity contribution is 5.97. The van der Waals surface area contributed by atoms with Crippen LogP contribution in [0.15, 0.2) is 84.9 Å². The van der Waals surface area contributed by atoms with E-state index in [-0.39, 0.29) is 29.7 Å². The van der Waals surface area contributed by atoms with E-state index < -0.39 is 6.04 Å². The van der Waals surface area contributed by atoms with Gasteiger partial charge < -0.3 is 19.9 Å². The first-order valence-electron chi connectivity index (χ1n) is 13.0. The maximum atomic E-state index is 13.7. The molecule has 1 saturated heterocycles. The Bertz CT molecular complexity index is 1260. The number of carbonyl (C=O) groups excluding carboxylic acids is 3. The molecule has 4 rings (SSSR count). The zero-order chi connectivity index (χ0) is 27.1. The number of esters is 1. The molecule has 0 radical (unpaired) electrons. The maximum absolute atomic E-state index is 13.7. The molecule has 0 aliphatic carbocycles. The van der Waals surface area contributed by atoms with Crippen LogP contribution in [0.5, 0.6) is 0 Å². The number of ketones is 1. The van der Waals surface area contributed by atoms with Crippen LogP contribution in [0, 0.1) is 5.92 Å². The van der Waals surface area contributed by atoms with E-state index >= 15 is 0 Å². The van der Waals surface area contributed by atoms with Crippen molar-refractivity contribution in [3.8, 4) is 0 Å². The highest BCUT2D eigenvalue weighted by Crippen LogP contribution is 2.28. The number of quaternary nitrogens is 1. The summed E-state index contributed by atoms with van der Waals surface area (Å²) in [6.45, 7) is 3.87. The van der Waals surface area contributed by atoms with Crippen molar-refractivity contribution in [1.29, 1.82) is 0 Å². The zero-order valence-electron chi connectivity index (χ0n) is 22.2. The number of hydrogen-bond acceptors (Lipinski definition) is 5. The van der Waals surface area contributed by atoms with Crippen LogP contribution in [0.2, 0.25) is 0 Å². The van der Waals surface area contributed by atoms with E-state index in [0.717, 1.165) is 18.5 Å². The van der Waals surface area contributed by atoms with Gasteiger partial charge in [-0.2, -0.15) is 0 Å². The van der Waals surface area contributed by atoms with Gasteiger partial charge in [-0.25, -0.2) is 4.79 Å². The van der Waals surface area contributed by atoms with Crippen LogP contribution >= 0.6 is 0 Å². The summed E-state index contributed by atoms with van der Waals surface area (Å²) in [6, 6.07) is 25.0. The molecule has 0 saturated carbocycles. The third-order valence-electron chi connectivity index (χ3n) is 7.30. The standard InChI is InChI=1S/C31H35N3O4/c1-22-17-18-34(3,20-27(35)23-11-6-4-7-12-23)21-28(22)38-31(37)29(24-13-8-5-9-14-24)33-26-16-10-15-25(19-26)30(36)32-2/h4-16,19,22,28-29,33H,17-18,20-21H2,1-3H3/p+1/t22?,28-,29?,34?/m0/s1. The van der Waals surface area contributed by atoms with Crippen LogP contribution in [0.1, 0.15) is 45.7 Å². The van der Waals surface area contributed by atoms with Gasteiger partial charge in [0.1, 0.15) is 13.1 Å². The molecule has 2 N–H and O–H groups in total. The molecule has 0 bridgehead atoms. The van der Waals surface area contributed by atoms with Gasteiger partial charge in [0.05, 0.1) is 13.6 Å². The topological polar surface area (TPSA) is 84.5 Å². The number of hydrogen-bond donors (Lipinski definition) is 2. The molecule has 1 aliphatic rings. The maximum Gasteiger partial charge on any atom is 0.333 e. The Morgan fingerprint density at radius 3 is 2.29 bits per heavy atom. The van der Waals surface area contributed by atoms with Crippen molar-refractivity contribution in [3.05, 3.63) is 102 Å².